The molecule has 8 heteroatoms. The van der Waals surface area contributed by atoms with Crippen molar-refractivity contribution in [3.63, 3.8) is 0 Å². The Morgan fingerprint density at radius 3 is 2.83 bits per heavy atom. The molecule has 2 aliphatic rings. The van der Waals surface area contributed by atoms with Crippen LogP contribution in [0.15, 0.2) is 9.52 Å². The second-order valence-corrected chi connectivity index (χ2v) is 6.29. The molecule has 8 nitrogen and oxygen atoms in total. The number of aliphatic imine (C=N–C) groups is 1. The quantitative estimate of drug-likeness (QED) is 0.636. The van der Waals surface area contributed by atoms with Crippen LogP contribution in [0.2, 0.25) is 0 Å². The average Bonchev–Trinajstić information content (AvgIpc) is 3.26. The molecular formula is C16H27N5O3. The fraction of sp³-hybridized carbons (Fsp3) is 0.812. The summed E-state index contributed by atoms with van der Waals surface area (Å²) in [4.78, 5) is 10.8. The van der Waals surface area contributed by atoms with Crippen molar-refractivity contribution in [1.29, 1.82) is 0 Å². The summed E-state index contributed by atoms with van der Waals surface area (Å²) in [5.41, 5.74) is 0. The first kappa shape index (κ1) is 17.2. The van der Waals surface area contributed by atoms with Gasteiger partial charge in [0.1, 0.15) is 0 Å². The zero-order valence-corrected chi connectivity index (χ0v) is 14.5. The van der Waals surface area contributed by atoms with Crippen LogP contribution in [0.25, 0.3) is 0 Å². The third-order valence-electron chi connectivity index (χ3n) is 4.47. The van der Waals surface area contributed by atoms with Crippen LogP contribution >= 0.6 is 0 Å². The maximum atomic E-state index is 6.02. The monoisotopic (exact) mass is 337 g/mol. The number of ether oxygens (including phenoxy) is 2. The van der Waals surface area contributed by atoms with Crippen molar-refractivity contribution in [2.45, 2.75) is 51.4 Å². The molecule has 0 amide bonds. The highest BCUT2D eigenvalue weighted by atomic mass is 16.5. The van der Waals surface area contributed by atoms with Gasteiger partial charge < -0.3 is 24.2 Å². The molecule has 1 aromatic heterocycles. The van der Waals surface area contributed by atoms with Crippen LogP contribution in [0.5, 0.6) is 0 Å². The lowest BCUT2D eigenvalue weighted by Gasteiger charge is -2.34. The first-order chi connectivity index (χ1) is 11.7. The van der Waals surface area contributed by atoms with Crippen LogP contribution in [0.4, 0.5) is 0 Å². The predicted molar refractivity (Wildman–Crippen MR) is 88.8 cm³/mol. The van der Waals surface area contributed by atoms with E-state index in [1.54, 1.807) is 14.0 Å². The van der Waals surface area contributed by atoms with Gasteiger partial charge in [0.05, 0.1) is 25.4 Å². The molecular weight excluding hydrogens is 310 g/mol. The lowest BCUT2D eigenvalue weighted by atomic mass is 10.1. The normalized spacial score (nSPS) is 23.0. The summed E-state index contributed by atoms with van der Waals surface area (Å²) in [6, 6.07) is 0. The predicted octanol–water partition coefficient (Wildman–Crippen LogP) is 1.11. The van der Waals surface area contributed by atoms with E-state index in [1.807, 2.05) is 0 Å². The SMILES string of the molecule is CN=C(NCc1noc(C)n1)N1CCC(OCC2CCCO2)CC1. The molecule has 1 N–H and O–H groups in total. The van der Waals surface area contributed by atoms with Gasteiger partial charge in [-0.15, -0.1) is 0 Å². The number of aryl methyl sites for hydroxylation is 1. The largest absolute Gasteiger partial charge is 0.376 e. The minimum absolute atomic E-state index is 0.302. The number of likely N-dealkylation sites (tertiary alicyclic amines) is 1. The highest BCUT2D eigenvalue weighted by molar-refractivity contribution is 5.79. The number of piperidine rings is 1. The van der Waals surface area contributed by atoms with Gasteiger partial charge in [0.15, 0.2) is 11.8 Å². The Morgan fingerprint density at radius 1 is 1.38 bits per heavy atom. The van der Waals surface area contributed by atoms with Crippen molar-refractivity contribution in [1.82, 2.24) is 20.4 Å². The van der Waals surface area contributed by atoms with Crippen LogP contribution in [-0.2, 0) is 16.0 Å². The summed E-state index contributed by atoms with van der Waals surface area (Å²) in [6.07, 6.45) is 4.93. The molecule has 0 aliphatic carbocycles. The molecule has 0 bridgehead atoms. The molecule has 3 rings (SSSR count). The van der Waals surface area contributed by atoms with E-state index in [4.69, 9.17) is 14.0 Å². The molecule has 0 aromatic carbocycles. The number of guanidine groups is 1. The lowest BCUT2D eigenvalue weighted by Crippen LogP contribution is -2.47. The van der Waals surface area contributed by atoms with E-state index in [9.17, 15) is 0 Å². The molecule has 0 saturated carbocycles. The van der Waals surface area contributed by atoms with E-state index < -0.39 is 0 Å². The van der Waals surface area contributed by atoms with Crippen LogP contribution in [0.1, 0.15) is 37.4 Å². The number of aromatic nitrogens is 2. The van der Waals surface area contributed by atoms with Crippen molar-refractivity contribution in [2.75, 3.05) is 33.4 Å². The van der Waals surface area contributed by atoms with Gasteiger partial charge in [-0.1, -0.05) is 5.16 Å². The molecule has 24 heavy (non-hydrogen) atoms. The van der Waals surface area contributed by atoms with Gasteiger partial charge in [-0.3, -0.25) is 4.99 Å². The Labute approximate surface area is 142 Å². The van der Waals surface area contributed by atoms with Crippen molar-refractivity contribution < 1.29 is 14.0 Å². The van der Waals surface area contributed by atoms with Gasteiger partial charge in [-0.25, -0.2) is 0 Å². The molecule has 2 saturated heterocycles. The topological polar surface area (TPSA) is 85.0 Å². The van der Waals surface area contributed by atoms with Gasteiger partial charge in [0, 0.05) is 33.7 Å². The number of nitrogens with zero attached hydrogens (tertiary/aromatic N) is 4. The van der Waals surface area contributed by atoms with Gasteiger partial charge in [-0.2, -0.15) is 4.98 Å². The third-order valence-corrected chi connectivity index (χ3v) is 4.47. The van der Waals surface area contributed by atoms with E-state index in [-0.39, 0.29) is 0 Å². The standard InChI is InChI=1S/C16H27N5O3/c1-12-19-15(20-24-12)10-18-16(17-2)21-7-5-13(6-8-21)23-11-14-4-3-9-22-14/h13-14H,3-11H2,1-2H3,(H,17,18). The fourth-order valence-corrected chi connectivity index (χ4v) is 3.16. The summed E-state index contributed by atoms with van der Waals surface area (Å²) in [5, 5.41) is 7.18. The van der Waals surface area contributed by atoms with E-state index in [0.717, 1.165) is 57.9 Å². The molecule has 2 aliphatic heterocycles. The van der Waals surface area contributed by atoms with Crippen molar-refractivity contribution >= 4 is 5.96 Å². The van der Waals surface area contributed by atoms with E-state index in [1.165, 1.54) is 0 Å². The number of hydrogen-bond acceptors (Lipinski definition) is 6. The summed E-state index contributed by atoms with van der Waals surface area (Å²) in [6.45, 7) is 5.78. The van der Waals surface area contributed by atoms with Crippen molar-refractivity contribution in [3.8, 4) is 0 Å². The zero-order chi connectivity index (χ0) is 16.8. The second-order valence-electron chi connectivity index (χ2n) is 6.29. The third kappa shape index (κ3) is 4.67. The smallest absolute Gasteiger partial charge is 0.223 e. The summed E-state index contributed by atoms with van der Waals surface area (Å²) < 4.78 is 16.6. The fourth-order valence-electron chi connectivity index (χ4n) is 3.16. The van der Waals surface area contributed by atoms with Crippen LogP contribution < -0.4 is 5.32 Å². The van der Waals surface area contributed by atoms with E-state index in [0.29, 0.717) is 30.5 Å². The maximum Gasteiger partial charge on any atom is 0.223 e. The van der Waals surface area contributed by atoms with Crippen LogP contribution in [0.3, 0.4) is 0 Å². The summed E-state index contributed by atoms with van der Waals surface area (Å²) in [7, 11) is 1.80. The Morgan fingerprint density at radius 2 is 2.21 bits per heavy atom. The van der Waals surface area contributed by atoms with Crippen molar-refractivity contribution in [3.05, 3.63) is 11.7 Å². The van der Waals surface area contributed by atoms with Crippen LogP contribution in [-0.4, -0.2) is 66.6 Å². The molecule has 2 fully saturated rings. The average molecular weight is 337 g/mol. The summed E-state index contributed by atoms with van der Waals surface area (Å²) in [5.74, 6) is 2.09. The van der Waals surface area contributed by atoms with E-state index in [2.05, 4.69) is 25.3 Å². The van der Waals surface area contributed by atoms with E-state index >= 15 is 0 Å². The van der Waals surface area contributed by atoms with Crippen LogP contribution in [0, 0.1) is 6.92 Å². The maximum absolute atomic E-state index is 6.02. The molecule has 0 spiro atoms. The Kier molecular flexibility index (Phi) is 6.03. The minimum Gasteiger partial charge on any atom is -0.376 e. The summed E-state index contributed by atoms with van der Waals surface area (Å²) >= 11 is 0. The Hall–Kier alpha value is -1.67. The number of hydrogen-bond donors (Lipinski definition) is 1. The molecule has 1 aromatic rings. The van der Waals surface area contributed by atoms with Gasteiger partial charge in [0.2, 0.25) is 5.89 Å². The molecule has 1 atom stereocenters. The zero-order valence-electron chi connectivity index (χ0n) is 14.5. The number of rotatable bonds is 5. The van der Waals surface area contributed by atoms with Gasteiger partial charge >= 0.3 is 0 Å². The first-order valence-corrected chi connectivity index (χ1v) is 8.72. The first-order valence-electron chi connectivity index (χ1n) is 8.72. The molecule has 3 heterocycles. The molecule has 0 radical (unpaired) electrons. The lowest BCUT2D eigenvalue weighted by molar-refractivity contribution is -0.0367. The molecule has 134 valence electrons. The highest BCUT2D eigenvalue weighted by Crippen LogP contribution is 2.17. The number of nitrogens with one attached hydrogen (secondary N) is 1. The Balaban J connectivity index is 1.39. The second kappa shape index (κ2) is 8.43. The highest BCUT2D eigenvalue weighted by Gasteiger charge is 2.24. The van der Waals surface area contributed by atoms with Crippen molar-refractivity contribution in [2.24, 2.45) is 4.99 Å². The Bertz CT molecular complexity index is 534. The minimum atomic E-state index is 0.302. The van der Waals surface area contributed by atoms with Gasteiger partial charge in [-0.05, 0) is 25.7 Å². The molecule has 1 unspecified atom stereocenters. The van der Waals surface area contributed by atoms with Gasteiger partial charge in [0.25, 0.3) is 0 Å².